The largest absolute Gasteiger partial charge is 0.467 e. The van der Waals surface area contributed by atoms with Crippen molar-refractivity contribution in [1.29, 1.82) is 0 Å². The van der Waals surface area contributed by atoms with Crippen LogP contribution < -0.4 is 5.32 Å². The summed E-state index contributed by atoms with van der Waals surface area (Å²) in [7, 11) is 1.34. The highest BCUT2D eigenvalue weighted by Crippen LogP contribution is 2.22. The summed E-state index contributed by atoms with van der Waals surface area (Å²) in [5.74, 6) is -0.636. The molecule has 0 aliphatic heterocycles. The van der Waals surface area contributed by atoms with Crippen molar-refractivity contribution in [1.82, 2.24) is 5.32 Å². The lowest BCUT2D eigenvalue weighted by Crippen LogP contribution is -2.45. The number of nitrogens with one attached hydrogen (secondary N) is 1. The van der Waals surface area contributed by atoms with E-state index >= 15 is 0 Å². The van der Waals surface area contributed by atoms with Crippen LogP contribution in [0.2, 0.25) is 0 Å². The van der Waals surface area contributed by atoms with Gasteiger partial charge in [-0.3, -0.25) is 4.79 Å². The van der Waals surface area contributed by atoms with E-state index in [-0.39, 0.29) is 11.8 Å². The van der Waals surface area contributed by atoms with E-state index < -0.39 is 12.0 Å². The number of carbonyl (C=O) groups excluding carboxylic acids is 2. The van der Waals surface area contributed by atoms with Crippen LogP contribution in [0.15, 0.2) is 18.2 Å². The highest BCUT2D eigenvalue weighted by molar-refractivity contribution is 5.97. The van der Waals surface area contributed by atoms with E-state index in [2.05, 4.69) is 5.32 Å². The normalized spacial score (nSPS) is 15.2. The Balaban J connectivity index is 2.14. The van der Waals surface area contributed by atoms with Crippen LogP contribution in [0.3, 0.4) is 0 Å². The lowest BCUT2D eigenvalue weighted by Gasteiger charge is -2.21. The molecule has 0 heterocycles. The van der Waals surface area contributed by atoms with Crippen LogP contribution in [0.4, 0.5) is 0 Å². The Hall–Kier alpha value is -1.84. The van der Waals surface area contributed by atoms with Crippen molar-refractivity contribution in [2.45, 2.75) is 45.6 Å². The molecule has 0 spiro atoms. The van der Waals surface area contributed by atoms with Gasteiger partial charge in [0, 0.05) is 5.56 Å². The van der Waals surface area contributed by atoms with Gasteiger partial charge in [-0.05, 0) is 54.9 Å². The average molecular weight is 289 g/mol. The monoisotopic (exact) mass is 289 g/mol. The third-order valence-corrected chi connectivity index (χ3v) is 4.02. The molecule has 0 saturated heterocycles. The summed E-state index contributed by atoms with van der Waals surface area (Å²) in [6, 6.07) is 5.22. The van der Waals surface area contributed by atoms with Crippen molar-refractivity contribution in [3.8, 4) is 0 Å². The van der Waals surface area contributed by atoms with Crippen molar-refractivity contribution in [2.24, 2.45) is 5.92 Å². The molecule has 0 fully saturated rings. The number of hydrogen-bond donors (Lipinski definition) is 1. The number of rotatable bonds is 4. The summed E-state index contributed by atoms with van der Waals surface area (Å²) < 4.78 is 4.75. The van der Waals surface area contributed by atoms with Gasteiger partial charge in [0.25, 0.3) is 5.91 Å². The Bertz CT molecular complexity index is 537. The molecule has 1 aromatic rings. The number of benzene rings is 1. The molecule has 1 amide bonds. The second-order valence-corrected chi connectivity index (χ2v) is 5.91. The van der Waals surface area contributed by atoms with Crippen molar-refractivity contribution in [3.05, 3.63) is 34.9 Å². The molecule has 4 heteroatoms. The topological polar surface area (TPSA) is 55.4 Å². The quantitative estimate of drug-likeness (QED) is 0.866. The summed E-state index contributed by atoms with van der Waals surface area (Å²) in [6.07, 6.45) is 4.51. The van der Waals surface area contributed by atoms with Gasteiger partial charge in [-0.15, -0.1) is 0 Å². The Morgan fingerprint density at radius 1 is 1.14 bits per heavy atom. The van der Waals surface area contributed by atoms with Gasteiger partial charge in [0.2, 0.25) is 0 Å². The third-order valence-electron chi connectivity index (χ3n) is 4.02. The van der Waals surface area contributed by atoms with Crippen molar-refractivity contribution in [2.75, 3.05) is 7.11 Å². The lowest BCUT2D eigenvalue weighted by atomic mass is 9.90. The summed E-state index contributed by atoms with van der Waals surface area (Å²) >= 11 is 0. The third kappa shape index (κ3) is 3.63. The second-order valence-electron chi connectivity index (χ2n) is 5.91. The first-order chi connectivity index (χ1) is 10.0. The molecule has 4 nitrogen and oxygen atoms in total. The van der Waals surface area contributed by atoms with Gasteiger partial charge >= 0.3 is 5.97 Å². The fourth-order valence-corrected chi connectivity index (χ4v) is 2.72. The number of esters is 1. The molecule has 1 aromatic carbocycles. The van der Waals surface area contributed by atoms with Crippen LogP contribution in [0, 0.1) is 5.92 Å². The smallest absolute Gasteiger partial charge is 0.328 e. The zero-order chi connectivity index (χ0) is 15.4. The van der Waals surface area contributed by atoms with Gasteiger partial charge in [-0.25, -0.2) is 4.79 Å². The molecule has 21 heavy (non-hydrogen) atoms. The van der Waals surface area contributed by atoms with Crippen molar-refractivity contribution in [3.63, 3.8) is 0 Å². The van der Waals surface area contributed by atoms with Crippen molar-refractivity contribution >= 4 is 11.9 Å². The first kappa shape index (κ1) is 15.5. The zero-order valence-corrected chi connectivity index (χ0v) is 12.9. The van der Waals surface area contributed by atoms with E-state index in [4.69, 9.17) is 4.74 Å². The minimum Gasteiger partial charge on any atom is -0.467 e. The number of aryl methyl sites for hydroxylation is 2. The second kappa shape index (κ2) is 6.74. The number of hydrogen-bond acceptors (Lipinski definition) is 3. The summed E-state index contributed by atoms with van der Waals surface area (Å²) in [5, 5.41) is 2.78. The molecule has 1 N–H and O–H groups in total. The van der Waals surface area contributed by atoms with Crippen molar-refractivity contribution < 1.29 is 14.3 Å². The highest BCUT2D eigenvalue weighted by atomic mass is 16.5. The van der Waals surface area contributed by atoms with E-state index in [1.807, 2.05) is 32.0 Å². The lowest BCUT2D eigenvalue weighted by molar-refractivity contribution is -0.144. The molecule has 114 valence electrons. The summed E-state index contributed by atoms with van der Waals surface area (Å²) in [6.45, 7) is 3.77. The molecule has 0 saturated carbocycles. The fraction of sp³-hybridized carbons (Fsp3) is 0.529. The zero-order valence-electron chi connectivity index (χ0n) is 12.9. The Morgan fingerprint density at radius 3 is 2.43 bits per heavy atom. The Morgan fingerprint density at radius 2 is 1.81 bits per heavy atom. The van der Waals surface area contributed by atoms with Crippen LogP contribution in [-0.4, -0.2) is 25.0 Å². The number of fused-ring (bicyclic) bond motifs is 1. The SMILES string of the molecule is COC(=O)C(NC(=O)c1ccc2c(c1)CCCC2)C(C)C. The maximum absolute atomic E-state index is 12.3. The number of amides is 1. The molecule has 1 atom stereocenters. The van der Waals surface area contributed by atoms with Crippen LogP contribution in [0.1, 0.15) is 48.2 Å². The van der Waals surface area contributed by atoms with Gasteiger partial charge in [-0.2, -0.15) is 0 Å². The van der Waals surface area contributed by atoms with Crippen LogP contribution in [0.25, 0.3) is 0 Å². The van der Waals surface area contributed by atoms with E-state index in [9.17, 15) is 9.59 Å². The van der Waals surface area contributed by atoms with Gasteiger partial charge in [0.05, 0.1) is 7.11 Å². The molecule has 0 aromatic heterocycles. The first-order valence-electron chi connectivity index (χ1n) is 7.53. The minimum atomic E-state index is -0.612. The van der Waals surface area contributed by atoms with Crippen LogP contribution >= 0.6 is 0 Å². The molecule has 0 radical (unpaired) electrons. The maximum atomic E-state index is 12.3. The summed E-state index contributed by atoms with van der Waals surface area (Å²) in [5.41, 5.74) is 3.21. The Labute approximate surface area is 125 Å². The van der Waals surface area contributed by atoms with Gasteiger partial charge in [0.15, 0.2) is 0 Å². The van der Waals surface area contributed by atoms with Gasteiger partial charge in [0.1, 0.15) is 6.04 Å². The first-order valence-corrected chi connectivity index (χ1v) is 7.53. The molecule has 1 aliphatic carbocycles. The highest BCUT2D eigenvalue weighted by Gasteiger charge is 2.25. The van der Waals surface area contributed by atoms with E-state index in [0.29, 0.717) is 5.56 Å². The molecular weight excluding hydrogens is 266 g/mol. The standard InChI is InChI=1S/C17H23NO3/c1-11(2)15(17(20)21-3)18-16(19)14-9-8-12-6-4-5-7-13(12)10-14/h8-11,15H,4-7H2,1-3H3,(H,18,19). The van der Waals surface area contributed by atoms with Crippen LogP contribution in [-0.2, 0) is 22.4 Å². The number of methoxy groups -OCH3 is 1. The van der Waals surface area contributed by atoms with E-state index in [0.717, 1.165) is 12.8 Å². The van der Waals surface area contributed by atoms with Gasteiger partial charge in [-0.1, -0.05) is 19.9 Å². The minimum absolute atomic E-state index is 0.0148. The molecular formula is C17H23NO3. The fourth-order valence-electron chi connectivity index (χ4n) is 2.72. The predicted octanol–water partition coefficient (Wildman–Crippen LogP) is 2.49. The van der Waals surface area contributed by atoms with Crippen LogP contribution in [0.5, 0.6) is 0 Å². The predicted molar refractivity (Wildman–Crippen MR) is 81.2 cm³/mol. The van der Waals surface area contributed by atoms with E-state index in [1.165, 1.54) is 31.1 Å². The molecule has 1 unspecified atom stereocenters. The number of ether oxygens (including phenoxy) is 1. The Kier molecular flexibility index (Phi) is 4.99. The maximum Gasteiger partial charge on any atom is 0.328 e. The molecule has 2 rings (SSSR count). The van der Waals surface area contributed by atoms with Gasteiger partial charge < -0.3 is 10.1 Å². The molecule has 0 bridgehead atoms. The molecule has 1 aliphatic rings. The average Bonchev–Trinajstić information content (AvgIpc) is 2.50. The summed E-state index contributed by atoms with van der Waals surface area (Å²) in [4.78, 5) is 24.1. The number of carbonyl (C=O) groups is 2. The van der Waals surface area contributed by atoms with E-state index in [1.54, 1.807) is 0 Å².